The second kappa shape index (κ2) is 13.7. The quantitative estimate of drug-likeness (QED) is 0.132. The minimum Gasteiger partial charge on any atom is -0.413 e. The topological polar surface area (TPSA) is 18.5 Å². The Labute approximate surface area is 237 Å². The Balaban J connectivity index is 2.07. The van der Waals surface area contributed by atoms with Gasteiger partial charge >= 0.3 is 0 Å². The van der Waals surface area contributed by atoms with E-state index in [0.717, 1.165) is 13.0 Å². The molecule has 0 aliphatic carbocycles. The third-order valence-electron chi connectivity index (χ3n) is 8.65. The lowest BCUT2D eigenvalue weighted by molar-refractivity contribution is 0.132. The van der Waals surface area contributed by atoms with Gasteiger partial charge in [0, 0.05) is 6.61 Å². The van der Waals surface area contributed by atoms with Crippen LogP contribution in [0, 0.1) is 11.8 Å². The molecule has 2 nitrogen and oxygen atoms in total. The van der Waals surface area contributed by atoms with Gasteiger partial charge in [-0.05, 0) is 58.2 Å². The maximum absolute atomic E-state index is 7.17. The highest BCUT2D eigenvalue weighted by molar-refractivity contribution is 6.99. The summed E-state index contributed by atoms with van der Waals surface area (Å²) in [7, 11) is -4.28. The van der Waals surface area contributed by atoms with Gasteiger partial charge in [0.15, 0.2) is 8.32 Å². The molecule has 0 fully saturated rings. The standard InChI is InChI=1S/C34H56O2Si2/c1-12-29(3)32(36-37(10,11)33(4,5)6)26-20-19-21-28(2)27-35-38(34(7,8)9,30-22-15-13-16-23-30)31-24-17-14-18-25-31/h12-18,22-25,28-29,32H,1,19-21,26-27H2,2-11H3/t28-,29-,32-/m0/s1. The first-order chi connectivity index (χ1) is 17.7. The Morgan fingerprint density at radius 3 is 1.66 bits per heavy atom. The third-order valence-corrected chi connectivity index (χ3v) is 18.2. The highest BCUT2D eigenvalue weighted by Crippen LogP contribution is 2.39. The first-order valence-corrected chi connectivity index (χ1v) is 19.5. The molecule has 0 amide bonds. The second-order valence-corrected chi connectivity index (χ2v) is 22.9. The van der Waals surface area contributed by atoms with Crippen LogP contribution in [-0.4, -0.2) is 29.3 Å². The molecule has 0 unspecified atom stereocenters. The van der Waals surface area contributed by atoms with E-state index in [1.807, 2.05) is 0 Å². The molecule has 0 saturated carbocycles. The molecule has 0 radical (unpaired) electrons. The van der Waals surface area contributed by atoms with Gasteiger partial charge in [0.25, 0.3) is 8.32 Å². The van der Waals surface area contributed by atoms with Crippen molar-refractivity contribution in [3.8, 4) is 0 Å². The van der Waals surface area contributed by atoms with E-state index in [1.54, 1.807) is 0 Å². The summed E-state index contributed by atoms with van der Waals surface area (Å²) in [6.07, 6.45) is 6.98. The van der Waals surface area contributed by atoms with Gasteiger partial charge in [-0.1, -0.05) is 135 Å². The predicted octanol–water partition coefficient (Wildman–Crippen LogP) is 8.97. The SMILES string of the molecule is C=C[C@H](C)[C@H](CCCC[C@H](C)CO[Si](c1ccccc1)(c1ccccc1)C(C)(C)C)O[Si](C)(C)C(C)(C)C. The molecule has 0 aliphatic heterocycles. The van der Waals surface area contributed by atoms with E-state index in [0.29, 0.717) is 11.8 Å². The monoisotopic (exact) mass is 552 g/mol. The zero-order valence-corrected chi connectivity index (χ0v) is 28.1. The first kappa shape index (κ1) is 32.7. The molecule has 0 N–H and O–H groups in total. The molecular formula is C34H56O2Si2. The molecule has 38 heavy (non-hydrogen) atoms. The summed E-state index contributed by atoms with van der Waals surface area (Å²) in [6.45, 7) is 28.2. The first-order valence-electron chi connectivity index (χ1n) is 14.7. The second-order valence-electron chi connectivity index (χ2n) is 13.9. The molecule has 0 aliphatic rings. The van der Waals surface area contributed by atoms with E-state index in [9.17, 15) is 0 Å². The summed E-state index contributed by atoms with van der Waals surface area (Å²) in [5.74, 6) is 0.883. The van der Waals surface area contributed by atoms with Gasteiger partial charge in [0.05, 0.1) is 6.10 Å². The number of hydrogen-bond acceptors (Lipinski definition) is 2. The maximum atomic E-state index is 7.17. The normalized spacial score (nSPS) is 15.6. The summed E-state index contributed by atoms with van der Waals surface area (Å²) >= 11 is 0. The van der Waals surface area contributed by atoms with Gasteiger partial charge in [-0.15, -0.1) is 6.58 Å². The van der Waals surface area contributed by atoms with Crippen molar-refractivity contribution in [1.29, 1.82) is 0 Å². The van der Waals surface area contributed by atoms with Crippen LogP contribution < -0.4 is 10.4 Å². The molecule has 0 spiro atoms. The average molecular weight is 553 g/mol. The van der Waals surface area contributed by atoms with Crippen LogP contribution in [0.5, 0.6) is 0 Å². The van der Waals surface area contributed by atoms with Gasteiger partial charge in [-0.3, -0.25) is 0 Å². The zero-order chi connectivity index (χ0) is 28.6. The Kier molecular flexibility index (Phi) is 11.8. The van der Waals surface area contributed by atoms with Crippen molar-refractivity contribution >= 4 is 27.0 Å². The molecule has 0 bridgehead atoms. The van der Waals surface area contributed by atoms with Crippen LogP contribution in [0.1, 0.15) is 81.1 Å². The van der Waals surface area contributed by atoms with Crippen molar-refractivity contribution in [3.05, 3.63) is 73.3 Å². The number of benzene rings is 2. The molecule has 0 saturated heterocycles. The molecule has 4 heteroatoms. The van der Waals surface area contributed by atoms with Crippen LogP contribution in [0.15, 0.2) is 73.3 Å². The average Bonchev–Trinajstić information content (AvgIpc) is 2.85. The Hall–Kier alpha value is -1.47. The third kappa shape index (κ3) is 8.27. The van der Waals surface area contributed by atoms with E-state index in [4.69, 9.17) is 8.85 Å². The highest BCUT2D eigenvalue weighted by atomic mass is 28.4. The largest absolute Gasteiger partial charge is 0.413 e. The minimum atomic E-state index is -2.47. The van der Waals surface area contributed by atoms with Crippen LogP contribution in [-0.2, 0) is 8.85 Å². The molecule has 0 heterocycles. The number of unbranched alkanes of at least 4 members (excludes halogenated alkanes) is 1. The van der Waals surface area contributed by atoms with E-state index in [2.05, 4.69) is 142 Å². The summed E-state index contributed by atoms with van der Waals surface area (Å²) in [6, 6.07) is 21.9. The smallest absolute Gasteiger partial charge is 0.261 e. The molecule has 3 atom stereocenters. The lowest BCUT2D eigenvalue weighted by atomic mass is 9.97. The summed E-state index contributed by atoms with van der Waals surface area (Å²) < 4.78 is 14.0. The van der Waals surface area contributed by atoms with E-state index >= 15 is 0 Å². The number of hydrogen-bond donors (Lipinski definition) is 0. The molecule has 2 aromatic rings. The minimum absolute atomic E-state index is 0.0184. The fourth-order valence-corrected chi connectivity index (χ4v) is 11.2. The van der Waals surface area contributed by atoms with Crippen molar-refractivity contribution in [2.24, 2.45) is 11.8 Å². The van der Waals surface area contributed by atoms with E-state index in [-0.39, 0.29) is 16.2 Å². The molecule has 0 aromatic heterocycles. The Morgan fingerprint density at radius 2 is 1.24 bits per heavy atom. The van der Waals surface area contributed by atoms with Gasteiger partial charge < -0.3 is 8.85 Å². The van der Waals surface area contributed by atoms with Crippen LogP contribution in [0.4, 0.5) is 0 Å². The van der Waals surface area contributed by atoms with Crippen LogP contribution in [0.3, 0.4) is 0 Å². The highest BCUT2D eigenvalue weighted by Gasteiger charge is 2.50. The molecule has 2 aromatic carbocycles. The summed E-state index contributed by atoms with van der Waals surface area (Å²) in [5, 5.41) is 2.95. The fourth-order valence-electron chi connectivity index (χ4n) is 5.09. The Morgan fingerprint density at radius 1 is 0.763 bits per heavy atom. The van der Waals surface area contributed by atoms with Gasteiger partial charge in [0.1, 0.15) is 0 Å². The molecule has 2 rings (SSSR count). The molecule has 212 valence electrons. The lowest BCUT2D eigenvalue weighted by Crippen LogP contribution is -2.66. The van der Waals surface area contributed by atoms with Gasteiger partial charge in [0.2, 0.25) is 0 Å². The van der Waals surface area contributed by atoms with Crippen molar-refractivity contribution < 1.29 is 8.85 Å². The fraction of sp³-hybridized carbons (Fsp3) is 0.588. The van der Waals surface area contributed by atoms with Crippen LogP contribution >= 0.6 is 0 Å². The lowest BCUT2D eigenvalue weighted by Gasteiger charge is -2.43. The molecular weight excluding hydrogens is 497 g/mol. The van der Waals surface area contributed by atoms with E-state index < -0.39 is 16.6 Å². The summed E-state index contributed by atoms with van der Waals surface area (Å²) in [4.78, 5) is 0. The maximum Gasteiger partial charge on any atom is 0.261 e. The zero-order valence-electron chi connectivity index (χ0n) is 26.1. The van der Waals surface area contributed by atoms with Crippen molar-refractivity contribution in [2.75, 3.05) is 6.61 Å². The summed E-state index contributed by atoms with van der Waals surface area (Å²) in [5.41, 5.74) is 0. The van der Waals surface area contributed by atoms with Crippen molar-refractivity contribution in [1.82, 2.24) is 0 Å². The van der Waals surface area contributed by atoms with Gasteiger partial charge in [-0.25, -0.2) is 0 Å². The van der Waals surface area contributed by atoms with Crippen molar-refractivity contribution in [2.45, 2.75) is 110 Å². The van der Waals surface area contributed by atoms with Crippen LogP contribution in [0.25, 0.3) is 0 Å². The Bertz CT molecular complexity index is 918. The van der Waals surface area contributed by atoms with Crippen molar-refractivity contribution in [3.63, 3.8) is 0 Å². The number of rotatable bonds is 14. The predicted molar refractivity (Wildman–Crippen MR) is 173 cm³/mol. The van der Waals surface area contributed by atoms with E-state index in [1.165, 1.54) is 29.6 Å². The van der Waals surface area contributed by atoms with Gasteiger partial charge in [-0.2, -0.15) is 0 Å². The van der Waals surface area contributed by atoms with Crippen LogP contribution in [0.2, 0.25) is 23.2 Å².